The van der Waals surface area contributed by atoms with Crippen LogP contribution in [-0.2, 0) is 16.2 Å². The molecule has 0 aliphatic carbocycles. The summed E-state index contributed by atoms with van der Waals surface area (Å²) in [6.45, 7) is 4.76. The lowest BCUT2D eigenvalue weighted by Crippen LogP contribution is -2.37. The number of carbonyl (C=O) groups is 1. The van der Waals surface area contributed by atoms with Crippen LogP contribution < -0.4 is 0 Å². The van der Waals surface area contributed by atoms with E-state index in [1.165, 1.54) is 24.3 Å². The van der Waals surface area contributed by atoms with Crippen LogP contribution in [0.25, 0.3) is 0 Å². The fourth-order valence-electron chi connectivity index (χ4n) is 3.13. The first-order valence-corrected chi connectivity index (χ1v) is 9.41. The first-order valence-electron chi connectivity index (χ1n) is 9.41. The Labute approximate surface area is 163 Å². The summed E-state index contributed by atoms with van der Waals surface area (Å²) in [5.41, 5.74) is 2.40. The first-order chi connectivity index (χ1) is 13.4. The summed E-state index contributed by atoms with van der Waals surface area (Å²) >= 11 is 0. The highest BCUT2D eigenvalue weighted by atomic mass is 19.1. The van der Waals surface area contributed by atoms with Gasteiger partial charge in [-0.3, -0.25) is 4.79 Å². The molecule has 2 aromatic rings. The number of amides is 1. The fourth-order valence-corrected chi connectivity index (χ4v) is 3.13. The van der Waals surface area contributed by atoms with E-state index in [2.05, 4.69) is 5.16 Å². The molecule has 0 fully saturated rings. The molecular formula is C22H24F2N2O2. The van der Waals surface area contributed by atoms with Crippen molar-refractivity contribution in [2.45, 2.75) is 39.3 Å². The minimum absolute atomic E-state index is 0.0261. The molecule has 0 unspecified atom stereocenters. The average Bonchev–Trinajstić information content (AvgIpc) is 3.11. The summed E-state index contributed by atoms with van der Waals surface area (Å²) in [5.74, 6) is -0.346. The molecule has 0 bridgehead atoms. The maximum Gasteiger partial charge on any atom is 0.223 e. The summed E-state index contributed by atoms with van der Waals surface area (Å²) in [6.07, 6.45) is 0.705. The van der Waals surface area contributed by atoms with Gasteiger partial charge in [0.1, 0.15) is 11.6 Å². The molecule has 148 valence electrons. The Bertz CT molecular complexity index is 833. The average molecular weight is 386 g/mol. The van der Waals surface area contributed by atoms with Crippen molar-refractivity contribution >= 4 is 11.6 Å². The van der Waals surface area contributed by atoms with Crippen LogP contribution in [0.5, 0.6) is 0 Å². The van der Waals surface area contributed by atoms with Crippen LogP contribution in [-0.4, -0.2) is 29.2 Å². The van der Waals surface area contributed by atoms with E-state index in [1.54, 1.807) is 29.2 Å². The molecule has 0 spiro atoms. The van der Waals surface area contributed by atoms with E-state index in [4.69, 9.17) is 4.84 Å². The van der Waals surface area contributed by atoms with Crippen molar-refractivity contribution in [2.75, 3.05) is 6.54 Å². The van der Waals surface area contributed by atoms with E-state index in [9.17, 15) is 13.6 Å². The lowest BCUT2D eigenvalue weighted by Gasteiger charge is -2.26. The molecule has 0 aromatic heterocycles. The number of hydrogen-bond acceptors (Lipinski definition) is 3. The first kappa shape index (κ1) is 20.0. The number of carbonyl (C=O) groups excluding carboxylic acids is 1. The molecule has 0 saturated heterocycles. The van der Waals surface area contributed by atoms with Gasteiger partial charge in [0.25, 0.3) is 0 Å². The number of benzene rings is 2. The van der Waals surface area contributed by atoms with Gasteiger partial charge in [0.15, 0.2) is 6.10 Å². The van der Waals surface area contributed by atoms with E-state index in [0.29, 0.717) is 25.9 Å². The van der Waals surface area contributed by atoms with Crippen LogP contribution in [0.4, 0.5) is 8.78 Å². The molecule has 28 heavy (non-hydrogen) atoms. The summed E-state index contributed by atoms with van der Waals surface area (Å²) < 4.78 is 26.3. The van der Waals surface area contributed by atoms with Crippen molar-refractivity contribution in [3.63, 3.8) is 0 Å². The van der Waals surface area contributed by atoms with Crippen molar-refractivity contribution in [2.24, 2.45) is 11.1 Å². The Morgan fingerprint density at radius 2 is 1.71 bits per heavy atom. The second kappa shape index (κ2) is 8.95. The smallest absolute Gasteiger partial charge is 0.223 e. The van der Waals surface area contributed by atoms with Crippen LogP contribution in [0.3, 0.4) is 0 Å². The minimum Gasteiger partial charge on any atom is -0.390 e. The zero-order chi connectivity index (χ0) is 20.1. The van der Waals surface area contributed by atoms with E-state index in [-0.39, 0.29) is 29.6 Å². The summed E-state index contributed by atoms with van der Waals surface area (Å²) in [7, 11) is 0. The van der Waals surface area contributed by atoms with Gasteiger partial charge in [-0.2, -0.15) is 0 Å². The summed E-state index contributed by atoms with van der Waals surface area (Å²) in [6, 6.07) is 12.3. The maximum absolute atomic E-state index is 13.2. The topological polar surface area (TPSA) is 41.9 Å². The zero-order valence-corrected chi connectivity index (χ0v) is 16.1. The van der Waals surface area contributed by atoms with E-state index < -0.39 is 0 Å². The lowest BCUT2D eigenvalue weighted by atomic mass is 10.0. The van der Waals surface area contributed by atoms with E-state index in [0.717, 1.165) is 16.8 Å². The van der Waals surface area contributed by atoms with Crippen LogP contribution in [0, 0.1) is 17.6 Å². The largest absolute Gasteiger partial charge is 0.390 e. The monoisotopic (exact) mass is 386 g/mol. The third-order valence-electron chi connectivity index (χ3n) is 4.56. The zero-order valence-electron chi connectivity index (χ0n) is 16.1. The molecule has 1 aliphatic heterocycles. The highest BCUT2D eigenvalue weighted by Gasteiger charge is 2.27. The Balaban J connectivity index is 1.66. The van der Waals surface area contributed by atoms with Crippen molar-refractivity contribution in [1.29, 1.82) is 0 Å². The Hall–Kier alpha value is -2.76. The number of oxime groups is 1. The normalized spacial score (nSPS) is 16.0. The molecular weight excluding hydrogens is 362 g/mol. The molecule has 2 aromatic carbocycles. The van der Waals surface area contributed by atoms with Crippen LogP contribution in [0.2, 0.25) is 0 Å². The predicted octanol–water partition coefficient (Wildman–Crippen LogP) is 4.53. The highest BCUT2D eigenvalue weighted by Crippen LogP contribution is 2.20. The Morgan fingerprint density at radius 3 is 2.32 bits per heavy atom. The van der Waals surface area contributed by atoms with Crippen molar-refractivity contribution < 1.29 is 18.4 Å². The van der Waals surface area contributed by atoms with Gasteiger partial charge in [-0.15, -0.1) is 0 Å². The molecule has 1 heterocycles. The SMILES string of the molecule is CC(C)CC(=O)N(Cc1ccc(F)cc1)C[C@@H]1CC(c2ccc(F)cc2)=NO1. The lowest BCUT2D eigenvalue weighted by molar-refractivity contribution is -0.134. The number of hydrogen-bond donors (Lipinski definition) is 0. The van der Waals surface area contributed by atoms with Crippen LogP contribution >= 0.6 is 0 Å². The van der Waals surface area contributed by atoms with Crippen molar-refractivity contribution in [3.05, 3.63) is 71.3 Å². The third kappa shape index (κ3) is 5.38. The van der Waals surface area contributed by atoms with Crippen molar-refractivity contribution in [1.82, 2.24) is 4.90 Å². The minimum atomic E-state index is -0.305. The van der Waals surface area contributed by atoms with E-state index >= 15 is 0 Å². The molecule has 1 aliphatic rings. The summed E-state index contributed by atoms with van der Waals surface area (Å²) in [5, 5.41) is 4.12. The van der Waals surface area contributed by atoms with Gasteiger partial charge in [0, 0.05) is 19.4 Å². The number of halogens is 2. The molecule has 0 N–H and O–H groups in total. The fraction of sp³-hybridized carbons (Fsp3) is 0.364. The van der Waals surface area contributed by atoms with Crippen LogP contribution in [0.1, 0.15) is 37.8 Å². The molecule has 3 rings (SSSR count). The van der Waals surface area contributed by atoms with Gasteiger partial charge in [-0.1, -0.05) is 43.3 Å². The van der Waals surface area contributed by atoms with Gasteiger partial charge in [-0.05, 0) is 41.3 Å². The third-order valence-corrected chi connectivity index (χ3v) is 4.56. The van der Waals surface area contributed by atoms with E-state index in [1.807, 2.05) is 13.8 Å². The summed E-state index contributed by atoms with van der Waals surface area (Å²) in [4.78, 5) is 20.0. The number of rotatable bonds is 7. The molecule has 1 atom stereocenters. The van der Waals surface area contributed by atoms with Gasteiger partial charge in [0.05, 0.1) is 12.3 Å². The Morgan fingerprint density at radius 1 is 1.11 bits per heavy atom. The van der Waals surface area contributed by atoms with Gasteiger partial charge in [-0.25, -0.2) is 8.78 Å². The molecule has 6 heteroatoms. The van der Waals surface area contributed by atoms with Crippen LogP contribution in [0.15, 0.2) is 53.7 Å². The quantitative estimate of drug-likeness (QED) is 0.701. The van der Waals surface area contributed by atoms with Crippen molar-refractivity contribution in [3.8, 4) is 0 Å². The van der Waals surface area contributed by atoms with Gasteiger partial charge < -0.3 is 9.74 Å². The second-order valence-electron chi connectivity index (χ2n) is 7.48. The van der Waals surface area contributed by atoms with Gasteiger partial charge in [0.2, 0.25) is 5.91 Å². The highest BCUT2D eigenvalue weighted by molar-refractivity contribution is 6.01. The second-order valence-corrected chi connectivity index (χ2v) is 7.48. The predicted molar refractivity (Wildman–Crippen MR) is 104 cm³/mol. The molecule has 0 saturated carbocycles. The Kier molecular flexibility index (Phi) is 6.39. The van der Waals surface area contributed by atoms with Gasteiger partial charge >= 0.3 is 0 Å². The molecule has 1 amide bonds. The maximum atomic E-state index is 13.2. The molecule has 4 nitrogen and oxygen atoms in total. The number of nitrogens with zero attached hydrogens (tertiary/aromatic N) is 2. The standard InChI is InChI=1S/C22H24F2N2O2/c1-15(2)11-22(27)26(13-16-3-7-18(23)8-4-16)14-20-12-21(25-28-20)17-5-9-19(24)10-6-17/h3-10,15,20H,11-14H2,1-2H3/t20-/m0/s1. The molecule has 0 radical (unpaired) electrons.